The van der Waals surface area contributed by atoms with E-state index in [4.69, 9.17) is 0 Å². The van der Waals surface area contributed by atoms with E-state index in [1.54, 1.807) is 29.1 Å². The standard InChI is InChI=1S/C21H21FN6O/c22-16-4-5-18-17(13-16)23-15-27(18)12-9-25-7-10-26(11-8-25)20-14-21(29)28-6-2-1-3-19(28)24-20/h1-6,13-15H,7-12H2. The third-order valence-corrected chi connectivity index (χ3v) is 5.49. The van der Waals surface area contributed by atoms with Crippen LogP contribution in [0.3, 0.4) is 0 Å². The molecule has 0 amide bonds. The quantitative estimate of drug-likeness (QED) is 0.532. The van der Waals surface area contributed by atoms with Gasteiger partial charge in [0.1, 0.15) is 17.3 Å². The number of aromatic nitrogens is 4. The smallest absolute Gasteiger partial charge is 0.259 e. The van der Waals surface area contributed by atoms with Crippen molar-refractivity contribution < 1.29 is 4.39 Å². The van der Waals surface area contributed by atoms with Gasteiger partial charge >= 0.3 is 0 Å². The number of rotatable bonds is 4. The number of fused-ring (bicyclic) bond motifs is 2. The van der Waals surface area contributed by atoms with Gasteiger partial charge in [-0.05, 0) is 24.3 Å². The lowest BCUT2D eigenvalue weighted by Gasteiger charge is -2.35. The maximum Gasteiger partial charge on any atom is 0.259 e. The highest BCUT2D eigenvalue weighted by Gasteiger charge is 2.19. The van der Waals surface area contributed by atoms with Crippen LogP contribution in [-0.2, 0) is 6.54 Å². The molecule has 1 aliphatic heterocycles. The van der Waals surface area contributed by atoms with Crippen LogP contribution in [0.5, 0.6) is 0 Å². The number of pyridine rings is 1. The van der Waals surface area contributed by atoms with Crippen molar-refractivity contribution in [2.75, 3.05) is 37.6 Å². The van der Waals surface area contributed by atoms with Crippen molar-refractivity contribution in [3.8, 4) is 0 Å². The molecule has 1 fully saturated rings. The van der Waals surface area contributed by atoms with Gasteiger partial charge in [-0.3, -0.25) is 14.1 Å². The summed E-state index contributed by atoms with van der Waals surface area (Å²) in [5.74, 6) is 0.476. The summed E-state index contributed by atoms with van der Waals surface area (Å²) in [5.41, 5.74) is 2.24. The first-order valence-corrected chi connectivity index (χ1v) is 9.73. The average Bonchev–Trinajstić information content (AvgIpc) is 3.14. The van der Waals surface area contributed by atoms with Crippen molar-refractivity contribution in [2.24, 2.45) is 0 Å². The molecule has 0 atom stereocenters. The Morgan fingerprint density at radius 2 is 1.86 bits per heavy atom. The van der Waals surface area contributed by atoms with Crippen LogP contribution in [0.4, 0.5) is 10.2 Å². The lowest BCUT2D eigenvalue weighted by atomic mass is 10.3. The molecule has 1 aromatic carbocycles. The third-order valence-electron chi connectivity index (χ3n) is 5.49. The van der Waals surface area contributed by atoms with E-state index in [0.717, 1.165) is 50.6 Å². The Kier molecular flexibility index (Phi) is 4.48. The van der Waals surface area contributed by atoms with E-state index < -0.39 is 0 Å². The van der Waals surface area contributed by atoms with E-state index in [9.17, 15) is 9.18 Å². The molecule has 1 aliphatic rings. The molecule has 0 saturated carbocycles. The fraction of sp³-hybridized carbons (Fsp3) is 0.286. The summed E-state index contributed by atoms with van der Waals surface area (Å²) < 4.78 is 16.9. The third kappa shape index (κ3) is 3.47. The molecule has 148 valence electrons. The molecule has 0 spiro atoms. The molecule has 4 aromatic rings. The van der Waals surface area contributed by atoms with Crippen molar-refractivity contribution in [1.29, 1.82) is 0 Å². The Hall–Kier alpha value is -3.26. The largest absolute Gasteiger partial charge is 0.354 e. The topological polar surface area (TPSA) is 58.7 Å². The zero-order chi connectivity index (χ0) is 19.8. The van der Waals surface area contributed by atoms with Crippen LogP contribution in [0, 0.1) is 5.82 Å². The molecule has 8 heteroatoms. The van der Waals surface area contributed by atoms with Crippen LogP contribution in [-0.4, -0.2) is 56.6 Å². The maximum absolute atomic E-state index is 13.3. The van der Waals surface area contributed by atoms with Crippen LogP contribution < -0.4 is 10.5 Å². The number of halogens is 1. The fourth-order valence-corrected chi connectivity index (χ4v) is 3.87. The molecule has 0 radical (unpaired) electrons. The Balaban J connectivity index is 1.23. The summed E-state index contributed by atoms with van der Waals surface area (Å²) >= 11 is 0. The van der Waals surface area contributed by atoms with Crippen molar-refractivity contribution in [3.05, 3.63) is 71.2 Å². The number of piperazine rings is 1. The van der Waals surface area contributed by atoms with Crippen LogP contribution >= 0.6 is 0 Å². The Labute approximate surface area is 166 Å². The molecule has 0 bridgehead atoms. The first-order valence-electron chi connectivity index (χ1n) is 9.73. The zero-order valence-electron chi connectivity index (χ0n) is 15.9. The molecule has 29 heavy (non-hydrogen) atoms. The molecule has 4 heterocycles. The number of anilines is 1. The molecular formula is C21H21FN6O. The number of hydrogen-bond acceptors (Lipinski definition) is 5. The second-order valence-corrected chi connectivity index (χ2v) is 7.28. The molecule has 0 aliphatic carbocycles. The SMILES string of the molecule is O=c1cc(N2CCN(CCn3cnc4cc(F)ccc43)CC2)nc2ccccn12. The average molecular weight is 392 g/mol. The van der Waals surface area contributed by atoms with Crippen LogP contribution in [0.1, 0.15) is 0 Å². The predicted octanol–water partition coefficient (Wildman–Crippen LogP) is 2.01. The highest BCUT2D eigenvalue weighted by atomic mass is 19.1. The Morgan fingerprint density at radius 3 is 2.72 bits per heavy atom. The summed E-state index contributed by atoms with van der Waals surface area (Å²) in [6.07, 6.45) is 3.51. The summed E-state index contributed by atoms with van der Waals surface area (Å²) in [7, 11) is 0. The molecule has 0 unspecified atom stereocenters. The van der Waals surface area contributed by atoms with Gasteiger partial charge in [-0.2, -0.15) is 0 Å². The van der Waals surface area contributed by atoms with Gasteiger partial charge in [0.15, 0.2) is 0 Å². The minimum absolute atomic E-state index is 0.0588. The molecule has 5 rings (SSSR count). The van der Waals surface area contributed by atoms with Gasteiger partial charge in [0.25, 0.3) is 5.56 Å². The molecule has 1 saturated heterocycles. The lowest BCUT2D eigenvalue weighted by molar-refractivity contribution is 0.248. The van der Waals surface area contributed by atoms with Crippen molar-refractivity contribution in [1.82, 2.24) is 23.8 Å². The molecular weight excluding hydrogens is 371 g/mol. The molecule has 7 nitrogen and oxygen atoms in total. The number of benzene rings is 1. The second kappa shape index (κ2) is 7.29. The summed E-state index contributed by atoms with van der Waals surface area (Å²) in [6, 6.07) is 11.9. The van der Waals surface area contributed by atoms with Crippen molar-refractivity contribution >= 4 is 22.5 Å². The number of imidazole rings is 1. The van der Waals surface area contributed by atoms with Crippen molar-refractivity contribution in [2.45, 2.75) is 6.54 Å². The van der Waals surface area contributed by atoms with Gasteiger partial charge in [0.2, 0.25) is 0 Å². The van der Waals surface area contributed by atoms with E-state index in [0.29, 0.717) is 11.2 Å². The van der Waals surface area contributed by atoms with Crippen LogP contribution in [0.2, 0.25) is 0 Å². The van der Waals surface area contributed by atoms with Gasteiger partial charge in [0.05, 0.1) is 17.4 Å². The Morgan fingerprint density at radius 1 is 1.00 bits per heavy atom. The first-order chi connectivity index (χ1) is 14.2. The molecule has 3 aromatic heterocycles. The zero-order valence-corrected chi connectivity index (χ0v) is 15.9. The highest BCUT2D eigenvalue weighted by molar-refractivity contribution is 5.75. The Bertz CT molecular complexity index is 1220. The van der Waals surface area contributed by atoms with Gasteiger partial charge in [-0.15, -0.1) is 0 Å². The van der Waals surface area contributed by atoms with Gasteiger partial charge < -0.3 is 9.47 Å². The minimum atomic E-state index is -0.263. The fourth-order valence-electron chi connectivity index (χ4n) is 3.87. The monoisotopic (exact) mass is 392 g/mol. The van der Waals surface area contributed by atoms with Crippen LogP contribution in [0.15, 0.2) is 59.8 Å². The van der Waals surface area contributed by atoms with Gasteiger partial charge in [0, 0.05) is 57.6 Å². The molecule has 0 N–H and O–H groups in total. The van der Waals surface area contributed by atoms with Gasteiger partial charge in [-0.1, -0.05) is 6.07 Å². The van der Waals surface area contributed by atoms with Crippen LogP contribution in [0.25, 0.3) is 16.7 Å². The highest BCUT2D eigenvalue weighted by Crippen LogP contribution is 2.16. The van der Waals surface area contributed by atoms with Gasteiger partial charge in [-0.25, -0.2) is 14.4 Å². The summed E-state index contributed by atoms with van der Waals surface area (Å²) in [5, 5.41) is 0. The normalized spacial score (nSPS) is 15.4. The van der Waals surface area contributed by atoms with E-state index in [2.05, 4.69) is 24.3 Å². The first kappa shape index (κ1) is 17.8. The van der Waals surface area contributed by atoms with Crippen molar-refractivity contribution in [3.63, 3.8) is 0 Å². The predicted molar refractivity (Wildman–Crippen MR) is 110 cm³/mol. The van der Waals surface area contributed by atoms with E-state index in [1.165, 1.54) is 12.1 Å². The maximum atomic E-state index is 13.3. The summed E-state index contributed by atoms with van der Waals surface area (Å²) in [6.45, 7) is 5.15. The summed E-state index contributed by atoms with van der Waals surface area (Å²) in [4.78, 5) is 25.8. The number of hydrogen-bond donors (Lipinski definition) is 0. The minimum Gasteiger partial charge on any atom is -0.354 e. The number of nitrogens with zero attached hydrogens (tertiary/aromatic N) is 6. The van der Waals surface area contributed by atoms with E-state index in [1.807, 2.05) is 18.2 Å². The lowest BCUT2D eigenvalue weighted by Crippen LogP contribution is -2.47. The van der Waals surface area contributed by atoms with E-state index in [-0.39, 0.29) is 11.4 Å². The van der Waals surface area contributed by atoms with E-state index >= 15 is 0 Å². The second-order valence-electron chi connectivity index (χ2n) is 7.28.